The van der Waals surface area contributed by atoms with E-state index in [9.17, 15) is 4.79 Å². The maximum Gasteiger partial charge on any atom is 0.239 e. The molecule has 1 aliphatic rings. The molecule has 3 atom stereocenters. The summed E-state index contributed by atoms with van der Waals surface area (Å²) < 4.78 is 5.74. The Morgan fingerprint density at radius 2 is 2.40 bits per heavy atom. The van der Waals surface area contributed by atoms with Gasteiger partial charge in [0.15, 0.2) is 0 Å². The fourth-order valence-corrected chi connectivity index (χ4v) is 2.97. The van der Waals surface area contributed by atoms with Crippen LogP contribution < -0.4 is 5.73 Å². The molecule has 6 heteroatoms. The van der Waals surface area contributed by atoms with E-state index in [0.29, 0.717) is 19.7 Å². The van der Waals surface area contributed by atoms with Crippen LogP contribution in [0.1, 0.15) is 31.2 Å². The van der Waals surface area contributed by atoms with Crippen LogP contribution in [-0.4, -0.2) is 36.5 Å². The zero-order chi connectivity index (χ0) is 13.8. The SMILES string of the molecule is CCC(C)C(N)C(=O)N1CCOC(c2cccs2)C1.Cl. The van der Waals surface area contributed by atoms with Gasteiger partial charge in [-0.25, -0.2) is 0 Å². The summed E-state index contributed by atoms with van der Waals surface area (Å²) in [7, 11) is 0. The molecule has 1 aromatic rings. The molecular weight excluding hydrogens is 296 g/mol. The number of carbonyl (C=O) groups excluding carboxylic acids is 1. The fraction of sp³-hybridized carbons (Fsp3) is 0.643. The monoisotopic (exact) mass is 318 g/mol. The van der Waals surface area contributed by atoms with E-state index < -0.39 is 6.04 Å². The second kappa shape index (κ2) is 7.98. The molecule has 20 heavy (non-hydrogen) atoms. The molecule has 1 fully saturated rings. The maximum atomic E-state index is 12.4. The molecule has 1 aliphatic heterocycles. The summed E-state index contributed by atoms with van der Waals surface area (Å²) in [5.41, 5.74) is 6.04. The van der Waals surface area contributed by atoms with Crippen molar-refractivity contribution in [2.75, 3.05) is 19.7 Å². The molecule has 114 valence electrons. The van der Waals surface area contributed by atoms with Crippen molar-refractivity contribution in [2.24, 2.45) is 11.7 Å². The lowest BCUT2D eigenvalue weighted by molar-refractivity contribution is -0.141. The Morgan fingerprint density at radius 3 is 3.00 bits per heavy atom. The van der Waals surface area contributed by atoms with Crippen LogP contribution in [0, 0.1) is 5.92 Å². The minimum absolute atomic E-state index is 0. The first-order valence-electron chi connectivity index (χ1n) is 6.82. The number of ether oxygens (including phenoxy) is 1. The van der Waals surface area contributed by atoms with E-state index in [4.69, 9.17) is 10.5 Å². The minimum atomic E-state index is -0.396. The Hall–Kier alpha value is -0.620. The lowest BCUT2D eigenvalue weighted by Crippen LogP contribution is -2.51. The van der Waals surface area contributed by atoms with E-state index in [1.54, 1.807) is 11.3 Å². The number of hydrogen-bond donors (Lipinski definition) is 1. The van der Waals surface area contributed by atoms with Gasteiger partial charge >= 0.3 is 0 Å². The molecule has 2 heterocycles. The van der Waals surface area contributed by atoms with Gasteiger partial charge in [0.2, 0.25) is 5.91 Å². The molecule has 0 saturated carbocycles. The third-order valence-corrected chi connectivity index (χ3v) is 4.75. The van der Waals surface area contributed by atoms with Crippen molar-refractivity contribution in [3.8, 4) is 0 Å². The Balaban J connectivity index is 0.00000200. The molecule has 0 bridgehead atoms. The molecule has 0 radical (unpaired) electrons. The summed E-state index contributed by atoms with van der Waals surface area (Å²) in [6.07, 6.45) is 0.924. The quantitative estimate of drug-likeness (QED) is 0.927. The summed E-state index contributed by atoms with van der Waals surface area (Å²) in [4.78, 5) is 15.4. The highest BCUT2D eigenvalue weighted by atomic mass is 35.5. The average Bonchev–Trinajstić information content (AvgIpc) is 2.99. The Bertz CT molecular complexity index is 413. The number of hydrogen-bond acceptors (Lipinski definition) is 4. The molecule has 0 spiro atoms. The van der Waals surface area contributed by atoms with Gasteiger partial charge in [-0.2, -0.15) is 0 Å². The van der Waals surface area contributed by atoms with Gasteiger partial charge in [-0.05, 0) is 17.4 Å². The highest BCUT2D eigenvalue weighted by molar-refractivity contribution is 7.10. The highest BCUT2D eigenvalue weighted by Gasteiger charge is 2.30. The minimum Gasteiger partial charge on any atom is -0.369 e. The van der Waals surface area contributed by atoms with Crippen LogP contribution in [0.15, 0.2) is 17.5 Å². The molecule has 1 amide bonds. The number of halogens is 1. The van der Waals surface area contributed by atoms with Crippen molar-refractivity contribution in [1.29, 1.82) is 0 Å². The summed E-state index contributed by atoms with van der Waals surface area (Å²) in [5.74, 6) is 0.273. The number of amides is 1. The van der Waals surface area contributed by atoms with Crippen molar-refractivity contribution in [3.05, 3.63) is 22.4 Å². The largest absolute Gasteiger partial charge is 0.369 e. The van der Waals surface area contributed by atoms with E-state index in [1.165, 1.54) is 4.88 Å². The first-order valence-corrected chi connectivity index (χ1v) is 7.70. The number of nitrogens with zero attached hydrogens (tertiary/aromatic N) is 1. The van der Waals surface area contributed by atoms with Crippen molar-refractivity contribution in [1.82, 2.24) is 4.90 Å². The van der Waals surface area contributed by atoms with E-state index in [1.807, 2.05) is 23.3 Å². The summed E-state index contributed by atoms with van der Waals surface area (Å²) in [6, 6.07) is 3.67. The molecule has 1 saturated heterocycles. The van der Waals surface area contributed by atoms with Gasteiger partial charge in [0.25, 0.3) is 0 Å². The molecule has 1 aromatic heterocycles. The van der Waals surface area contributed by atoms with Gasteiger partial charge in [0.05, 0.1) is 19.2 Å². The van der Waals surface area contributed by atoms with Crippen molar-refractivity contribution in [2.45, 2.75) is 32.4 Å². The summed E-state index contributed by atoms with van der Waals surface area (Å²) in [6.45, 7) is 5.93. The van der Waals surface area contributed by atoms with Crippen molar-refractivity contribution in [3.63, 3.8) is 0 Å². The predicted molar refractivity (Wildman–Crippen MR) is 84.3 cm³/mol. The fourth-order valence-electron chi connectivity index (χ4n) is 2.20. The van der Waals surface area contributed by atoms with Crippen LogP contribution in [0.4, 0.5) is 0 Å². The topological polar surface area (TPSA) is 55.6 Å². The number of thiophene rings is 1. The predicted octanol–water partition coefficient (Wildman–Crippen LogP) is 2.44. The van der Waals surface area contributed by atoms with E-state index >= 15 is 0 Å². The van der Waals surface area contributed by atoms with Gasteiger partial charge in [0, 0.05) is 11.4 Å². The Labute approximate surface area is 130 Å². The van der Waals surface area contributed by atoms with Crippen LogP contribution in [0.5, 0.6) is 0 Å². The van der Waals surface area contributed by atoms with E-state index in [0.717, 1.165) is 6.42 Å². The molecule has 3 unspecified atom stereocenters. The second-order valence-corrected chi connectivity index (χ2v) is 6.05. The van der Waals surface area contributed by atoms with Crippen LogP contribution in [0.3, 0.4) is 0 Å². The lowest BCUT2D eigenvalue weighted by Gasteiger charge is -2.35. The standard InChI is InChI=1S/C14H22N2O2S.ClH/c1-3-10(2)13(15)14(17)16-6-7-18-11(9-16)12-5-4-8-19-12;/h4-5,8,10-11,13H,3,6-7,9,15H2,1-2H3;1H. The van der Waals surface area contributed by atoms with Gasteiger partial charge in [-0.1, -0.05) is 26.3 Å². The lowest BCUT2D eigenvalue weighted by atomic mass is 9.98. The number of nitrogens with two attached hydrogens (primary N) is 1. The molecule has 0 aromatic carbocycles. The zero-order valence-corrected chi connectivity index (χ0v) is 13.6. The average molecular weight is 319 g/mol. The van der Waals surface area contributed by atoms with Crippen LogP contribution in [0.2, 0.25) is 0 Å². The normalized spacial score (nSPS) is 21.9. The Morgan fingerprint density at radius 1 is 1.65 bits per heavy atom. The third kappa shape index (κ3) is 3.95. The second-order valence-electron chi connectivity index (χ2n) is 5.07. The molecule has 2 N–H and O–H groups in total. The van der Waals surface area contributed by atoms with Gasteiger partial charge in [0.1, 0.15) is 6.10 Å². The first-order chi connectivity index (χ1) is 9.13. The van der Waals surface area contributed by atoms with Crippen molar-refractivity contribution >= 4 is 29.7 Å². The van der Waals surface area contributed by atoms with E-state index in [-0.39, 0.29) is 30.3 Å². The van der Waals surface area contributed by atoms with Crippen LogP contribution >= 0.6 is 23.7 Å². The number of carbonyl (C=O) groups is 1. The third-order valence-electron chi connectivity index (χ3n) is 3.78. The van der Waals surface area contributed by atoms with Gasteiger partial charge in [-0.15, -0.1) is 23.7 Å². The first kappa shape index (κ1) is 17.4. The highest BCUT2D eigenvalue weighted by Crippen LogP contribution is 2.26. The number of rotatable bonds is 4. The van der Waals surface area contributed by atoms with Crippen molar-refractivity contribution < 1.29 is 9.53 Å². The van der Waals surface area contributed by atoms with Gasteiger partial charge in [-0.3, -0.25) is 4.79 Å². The number of morpholine rings is 1. The summed E-state index contributed by atoms with van der Waals surface area (Å²) >= 11 is 1.67. The summed E-state index contributed by atoms with van der Waals surface area (Å²) in [5, 5.41) is 2.03. The van der Waals surface area contributed by atoms with Crippen LogP contribution in [0.25, 0.3) is 0 Å². The van der Waals surface area contributed by atoms with E-state index in [2.05, 4.69) is 13.0 Å². The Kier molecular flexibility index (Phi) is 6.95. The molecule has 4 nitrogen and oxygen atoms in total. The molecule has 0 aliphatic carbocycles. The smallest absolute Gasteiger partial charge is 0.239 e. The maximum absolute atomic E-state index is 12.4. The molecular formula is C14H23ClN2O2S. The zero-order valence-electron chi connectivity index (χ0n) is 12.0. The van der Waals surface area contributed by atoms with Crippen LogP contribution in [-0.2, 0) is 9.53 Å². The molecule has 2 rings (SSSR count). The van der Waals surface area contributed by atoms with Gasteiger partial charge < -0.3 is 15.4 Å².